The molecule has 1 saturated carbocycles. The van der Waals surface area contributed by atoms with Gasteiger partial charge in [-0.2, -0.15) is 5.10 Å². The highest BCUT2D eigenvalue weighted by atomic mass is 35.5. The number of carbonyl (C=O) groups is 1. The van der Waals surface area contributed by atoms with Crippen LogP contribution in [0, 0.1) is 16.0 Å². The summed E-state index contributed by atoms with van der Waals surface area (Å²) in [6.07, 6.45) is 4.91. The molecule has 2 atom stereocenters. The van der Waals surface area contributed by atoms with E-state index < -0.39 is 10.8 Å². The zero-order valence-corrected chi connectivity index (χ0v) is 19.1. The average Bonchev–Trinajstić information content (AvgIpc) is 3.26. The van der Waals surface area contributed by atoms with Crippen LogP contribution in [0.25, 0.3) is 6.08 Å². The predicted octanol–water partition coefficient (Wildman–Crippen LogP) is 6.69. The van der Waals surface area contributed by atoms with Crippen molar-refractivity contribution < 1.29 is 9.72 Å². The Hall–Kier alpha value is -3.77. The predicted molar refractivity (Wildman–Crippen MR) is 133 cm³/mol. The largest absolute Gasteiger partial charge is 0.276 e. The number of hydrogen-bond donors (Lipinski definition) is 0. The fourth-order valence-electron chi connectivity index (χ4n) is 4.82. The van der Waals surface area contributed by atoms with E-state index in [9.17, 15) is 14.9 Å². The Balaban J connectivity index is 1.60. The molecule has 170 valence electrons. The normalized spacial score (nSPS) is 20.7. The lowest BCUT2D eigenvalue weighted by molar-refractivity contribution is -0.384. The van der Waals surface area contributed by atoms with Crippen LogP contribution in [0.2, 0.25) is 5.02 Å². The third-order valence-electron chi connectivity index (χ3n) is 6.38. The monoisotopic (exact) mass is 471 g/mol. The molecule has 34 heavy (non-hydrogen) atoms. The number of carbonyl (C=O) groups excluding carboxylic acids is 1. The lowest BCUT2D eigenvalue weighted by atomic mass is 9.77. The Labute approximate surface area is 202 Å². The van der Waals surface area contributed by atoms with Gasteiger partial charge in [0.25, 0.3) is 11.6 Å². The van der Waals surface area contributed by atoms with Crippen LogP contribution in [0.5, 0.6) is 0 Å². The SMILES string of the molecule is O=C(c1cc([N+](=O)[O-])ccc1Cl)N1N=C2/C(=C/c3ccccc3)CCCC2C1c1ccccc1. The number of hydrazone groups is 1. The molecule has 2 unspecified atom stereocenters. The molecule has 0 aromatic heterocycles. The van der Waals surface area contributed by atoms with E-state index in [1.165, 1.54) is 23.2 Å². The summed E-state index contributed by atoms with van der Waals surface area (Å²) in [7, 11) is 0. The third-order valence-corrected chi connectivity index (χ3v) is 6.71. The van der Waals surface area contributed by atoms with Gasteiger partial charge in [0, 0.05) is 18.1 Å². The van der Waals surface area contributed by atoms with Crippen molar-refractivity contribution in [2.45, 2.75) is 25.3 Å². The van der Waals surface area contributed by atoms with Crippen molar-refractivity contribution in [3.63, 3.8) is 0 Å². The van der Waals surface area contributed by atoms with Crippen molar-refractivity contribution >= 4 is 35.0 Å². The van der Waals surface area contributed by atoms with E-state index in [0.717, 1.165) is 41.7 Å². The molecule has 3 aromatic rings. The maximum absolute atomic E-state index is 13.7. The quantitative estimate of drug-likeness (QED) is 0.314. The highest BCUT2D eigenvalue weighted by molar-refractivity contribution is 6.34. The number of nitro benzene ring substituents is 1. The first-order valence-electron chi connectivity index (χ1n) is 11.2. The first kappa shape index (κ1) is 22.0. The lowest BCUT2D eigenvalue weighted by Crippen LogP contribution is -2.32. The minimum atomic E-state index is -0.530. The second-order valence-electron chi connectivity index (χ2n) is 8.49. The van der Waals surface area contributed by atoms with Crippen LogP contribution in [-0.4, -0.2) is 21.6 Å². The molecule has 3 aromatic carbocycles. The van der Waals surface area contributed by atoms with Gasteiger partial charge in [-0.05, 0) is 48.1 Å². The van der Waals surface area contributed by atoms with Gasteiger partial charge in [-0.25, -0.2) is 5.01 Å². The first-order valence-corrected chi connectivity index (χ1v) is 11.6. The van der Waals surface area contributed by atoms with Gasteiger partial charge in [-0.15, -0.1) is 0 Å². The van der Waals surface area contributed by atoms with Gasteiger partial charge in [0.2, 0.25) is 0 Å². The summed E-state index contributed by atoms with van der Waals surface area (Å²) in [6.45, 7) is 0. The number of amides is 1. The van der Waals surface area contributed by atoms with E-state index in [-0.39, 0.29) is 28.2 Å². The molecule has 1 amide bonds. The van der Waals surface area contributed by atoms with Crippen molar-refractivity contribution in [3.8, 4) is 0 Å². The topological polar surface area (TPSA) is 75.8 Å². The standard InChI is InChI=1S/C27H22ClN3O3/c28-24-15-14-21(31(33)34)17-23(24)27(32)30-26(19-10-5-2-6-11-19)22-13-7-12-20(25(22)29-30)16-18-8-3-1-4-9-18/h1-6,8-11,14-17,22,26H,7,12-13H2/b20-16+. The van der Waals surface area contributed by atoms with Crippen molar-refractivity contribution in [2.75, 3.05) is 0 Å². The van der Waals surface area contributed by atoms with Crippen LogP contribution < -0.4 is 0 Å². The molecule has 2 aliphatic rings. The van der Waals surface area contributed by atoms with Crippen molar-refractivity contribution in [3.05, 3.63) is 116 Å². The maximum Gasteiger partial charge on any atom is 0.276 e. The smallest absolute Gasteiger partial charge is 0.267 e. The Morgan fingerprint density at radius 3 is 2.47 bits per heavy atom. The molecule has 0 bridgehead atoms. The summed E-state index contributed by atoms with van der Waals surface area (Å²) in [5, 5.41) is 17.8. The molecule has 0 saturated heterocycles. The number of nitrogens with zero attached hydrogens (tertiary/aromatic N) is 3. The fourth-order valence-corrected chi connectivity index (χ4v) is 5.01. The molecular formula is C27H22ClN3O3. The van der Waals surface area contributed by atoms with E-state index in [4.69, 9.17) is 16.7 Å². The van der Waals surface area contributed by atoms with Crippen molar-refractivity contribution in [1.82, 2.24) is 5.01 Å². The summed E-state index contributed by atoms with van der Waals surface area (Å²) in [5.74, 6) is -0.406. The molecule has 5 rings (SSSR count). The summed E-state index contributed by atoms with van der Waals surface area (Å²) in [4.78, 5) is 24.5. The molecule has 6 nitrogen and oxygen atoms in total. The van der Waals surface area contributed by atoms with Crippen molar-refractivity contribution in [1.29, 1.82) is 0 Å². The van der Waals surface area contributed by atoms with E-state index in [0.29, 0.717) is 0 Å². The van der Waals surface area contributed by atoms with E-state index >= 15 is 0 Å². The van der Waals surface area contributed by atoms with E-state index in [2.05, 4.69) is 6.08 Å². The maximum atomic E-state index is 13.7. The number of nitro groups is 1. The van der Waals surface area contributed by atoms with Gasteiger partial charge >= 0.3 is 0 Å². The number of benzene rings is 3. The number of allylic oxidation sites excluding steroid dienone is 1. The highest BCUT2D eigenvalue weighted by Crippen LogP contribution is 2.45. The molecular weight excluding hydrogens is 450 g/mol. The number of fused-ring (bicyclic) bond motifs is 1. The van der Waals surface area contributed by atoms with Crippen LogP contribution >= 0.6 is 11.6 Å². The highest BCUT2D eigenvalue weighted by Gasteiger charge is 2.44. The molecule has 1 aliphatic heterocycles. The number of hydrogen-bond acceptors (Lipinski definition) is 4. The fraction of sp³-hybridized carbons (Fsp3) is 0.185. The van der Waals surface area contributed by atoms with Gasteiger partial charge < -0.3 is 0 Å². The minimum Gasteiger partial charge on any atom is -0.267 e. The molecule has 1 heterocycles. The number of rotatable bonds is 4. The van der Waals surface area contributed by atoms with Crippen LogP contribution in [0.3, 0.4) is 0 Å². The molecule has 0 spiro atoms. The molecule has 0 N–H and O–H groups in total. The average molecular weight is 472 g/mol. The van der Waals surface area contributed by atoms with Crippen LogP contribution in [-0.2, 0) is 0 Å². The summed E-state index contributed by atoms with van der Waals surface area (Å²) < 4.78 is 0. The Kier molecular flexibility index (Phi) is 5.99. The molecule has 1 fully saturated rings. The first-order chi connectivity index (χ1) is 16.5. The third kappa shape index (κ3) is 4.13. The second kappa shape index (κ2) is 9.23. The second-order valence-corrected chi connectivity index (χ2v) is 8.90. The zero-order valence-electron chi connectivity index (χ0n) is 18.3. The number of halogens is 1. The van der Waals surface area contributed by atoms with Crippen LogP contribution in [0.4, 0.5) is 5.69 Å². The van der Waals surface area contributed by atoms with Crippen molar-refractivity contribution in [2.24, 2.45) is 11.0 Å². The summed E-state index contributed by atoms with van der Waals surface area (Å²) >= 11 is 6.33. The van der Waals surface area contributed by atoms with E-state index in [1.54, 1.807) is 0 Å². The minimum absolute atomic E-state index is 0.0348. The number of non-ortho nitro benzene ring substituents is 1. The van der Waals surface area contributed by atoms with Gasteiger partial charge in [0.1, 0.15) is 0 Å². The Morgan fingerprint density at radius 2 is 1.76 bits per heavy atom. The van der Waals surface area contributed by atoms with Crippen LogP contribution in [0.1, 0.15) is 46.8 Å². The molecule has 0 radical (unpaired) electrons. The summed E-state index contributed by atoms with van der Waals surface area (Å²) in [5.41, 5.74) is 3.97. The van der Waals surface area contributed by atoms with Gasteiger partial charge in [0.15, 0.2) is 0 Å². The zero-order chi connectivity index (χ0) is 23.7. The van der Waals surface area contributed by atoms with Gasteiger partial charge in [-0.1, -0.05) is 72.3 Å². The van der Waals surface area contributed by atoms with E-state index in [1.807, 2.05) is 60.7 Å². The Bertz CT molecular complexity index is 1310. The van der Waals surface area contributed by atoms with Crippen LogP contribution in [0.15, 0.2) is 89.5 Å². The summed E-state index contributed by atoms with van der Waals surface area (Å²) in [6, 6.07) is 23.5. The Morgan fingerprint density at radius 1 is 1.06 bits per heavy atom. The lowest BCUT2D eigenvalue weighted by Gasteiger charge is -2.29. The van der Waals surface area contributed by atoms with Gasteiger partial charge in [-0.3, -0.25) is 14.9 Å². The van der Waals surface area contributed by atoms with Gasteiger partial charge in [0.05, 0.1) is 27.3 Å². The molecule has 1 aliphatic carbocycles. The molecule has 7 heteroatoms.